The molecule has 0 bridgehead atoms. The van der Waals surface area contributed by atoms with Crippen molar-refractivity contribution in [2.45, 2.75) is 55.9 Å². The third-order valence-corrected chi connectivity index (χ3v) is 5.21. The van der Waals surface area contributed by atoms with Crippen molar-refractivity contribution in [2.24, 2.45) is 0 Å². The standard InChI is InChI=1S/C17H23NO2/c19-13-16(9-4-5-10-16)18-15(20)17(11-6-12-17)14-7-2-1-3-8-14/h1-3,7-8,19H,4-6,9-13H2,(H,18,20). The fourth-order valence-corrected chi connectivity index (χ4v) is 3.67. The molecule has 1 aromatic carbocycles. The van der Waals surface area contributed by atoms with E-state index in [1.54, 1.807) is 0 Å². The van der Waals surface area contributed by atoms with Crippen LogP contribution < -0.4 is 5.32 Å². The van der Waals surface area contributed by atoms with Gasteiger partial charge in [-0.1, -0.05) is 49.6 Å². The Labute approximate surface area is 120 Å². The van der Waals surface area contributed by atoms with Crippen molar-refractivity contribution < 1.29 is 9.90 Å². The number of nitrogens with one attached hydrogen (secondary N) is 1. The second-order valence-electron chi connectivity index (χ2n) is 6.40. The lowest BCUT2D eigenvalue weighted by molar-refractivity contribution is -0.132. The molecule has 3 nitrogen and oxygen atoms in total. The maximum Gasteiger partial charge on any atom is 0.231 e. The van der Waals surface area contributed by atoms with E-state index in [1.165, 1.54) is 0 Å². The molecule has 20 heavy (non-hydrogen) atoms. The number of carbonyl (C=O) groups excluding carboxylic acids is 1. The Bertz CT molecular complexity index is 473. The van der Waals surface area contributed by atoms with Gasteiger partial charge in [0.15, 0.2) is 0 Å². The molecule has 0 aliphatic heterocycles. The summed E-state index contributed by atoms with van der Waals surface area (Å²) in [6, 6.07) is 10.1. The van der Waals surface area contributed by atoms with E-state index >= 15 is 0 Å². The first-order valence-electron chi connectivity index (χ1n) is 7.70. The van der Waals surface area contributed by atoms with E-state index in [9.17, 15) is 9.90 Å². The lowest BCUT2D eigenvalue weighted by Crippen LogP contribution is -2.58. The number of amides is 1. The van der Waals surface area contributed by atoms with Crippen molar-refractivity contribution in [3.63, 3.8) is 0 Å². The van der Waals surface area contributed by atoms with Gasteiger partial charge in [-0.25, -0.2) is 0 Å². The smallest absolute Gasteiger partial charge is 0.231 e. The van der Waals surface area contributed by atoms with Crippen LogP contribution in [0, 0.1) is 0 Å². The van der Waals surface area contributed by atoms with Crippen molar-refractivity contribution in [1.29, 1.82) is 0 Å². The third-order valence-electron chi connectivity index (χ3n) is 5.21. The lowest BCUT2D eigenvalue weighted by Gasteiger charge is -2.43. The van der Waals surface area contributed by atoms with E-state index in [0.717, 1.165) is 50.5 Å². The van der Waals surface area contributed by atoms with Crippen LogP contribution in [0.25, 0.3) is 0 Å². The van der Waals surface area contributed by atoms with E-state index < -0.39 is 0 Å². The normalized spacial score (nSPS) is 23.1. The monoisotopic (exact) mass is 273 g/mol. The van der Waals surface area contributed by atoms with Gasteiger partial charge in [-0.2, -0.15) is 0 Å². The predicted molar refractivity (Wildman–Crippen MR) is 78.4 cm³/mol. The molecule has 108 valence electrons. The fraction of sp³-hybridized carbons (Fsp3) is 0.588. The SMILES string of the molecule is O=C(NC1(CO)CCCC1)C1(c2ccccc2)CCC1. The van der Waals surface area contributed by atoms with Gasteiger partial charge >= 0.3 is 0 Å². The summed E-state index contributed by atoms with van der Waals surface area (Å²) >= 11 is 0. The summed E-state index contributed by atoms with van der Waals surface area (Å²) in [7, 11) is 0. The molecule has 0 spiro atoms. The van der Waals surface area contributed by atoms with Crippen LogP contribution in [-0.2, 0) is 10.2 Å². The van der Waals surface area contributed by atoms with Crippen LogP contribution in [0.3, 0.4) is 0 Å². The first-order valence-corrected chi connectivity index (χ1v) is 7.70. The van der Waals surface area contributed by atoms with Crippen LogP contribution in [0.5, 0.6) is 0 Å². The second-order valence-corrected chi connectivity index (χ2v) is 6.40. The molecule has 0 aromatic heterocycles. The predicted octanol–water partition coefficient (Wildman–Crippen LogP) is 2.53. The molecule has 0 heterocycles. The van der Waals surface area contributed by atoms with E-state index in [1.807, 2.05) is 18.2 Å². The molecule has 0 unspecified atom stereocenters. The molecule has 1 amide bonds. The molecule has 0 radical (unpaired) electrons. The van der Waals surface area contributed by atoms with Crippen molar-refractivity contribution in [2.75, 3.05) is 6.61 Å². The molecule has 0 atom stereocenters. The minimum atomic E-state index is -0.367. The Kier molecular flexibility index (Phi) is 3.55. The zero-order chi connectivity index (χ0) is 14.1. The van der Waals surface area contributed by atoms with Crippen molar-refractivity contribution in [3.8, 4) is 0 Å². The van der Waals surface area contributed by atoms with Gasteiger partial charge in [-0.05, 0) is 31.2 Å². The first-order chi connectivity index (χ1) is 9.71. The summed E-state index contributed by atoms with van der Waals surface area (Å²) in [6.45, 7) is 0.0591. The number of aliphatic hydroxyl groups excluding tert-OH is 1. The van der Waals surface area contributed by atoms with E-state index in [2.05, 4.69) is 17.4 Å². The van der Waals surface area contributed by atoms with Crippen molar-refractivity contribution in [3.05, 3.63) is 35.9 Å². The Morgan fingerprint density at radius 3 is 2.20 bits per heavy atom. The van der Waals surface area contributed by atoms with Gasteiger partial charge < -0.3 is 10.4 Å². The van der Waals surface area contributed by atoms with Gasteiger partial charge in [0.2, 0.25) is 5.91 Å². The van der Waals surface area contributed by atoms with Gasteiger partial charge in [-0.15, -0.1) is 0 Å². The molecule has 2 aliphatic carbocycles. The Morgan fingerprint density at radius 1 is 1.05 bits per heavy atom. The highest BCUT2D eigenvalue weighted by molar-refractivity contribution is 5.89. The Balaban J connectivity index is 1.81. The van der Waals surface area contributed by atoms with Gasteiger partial charge in [0, 0.05) is 0 Å². The van der Waals surface area contributed by atoms with Crippen LogP contribution in [0.1, 0.15) is 50.5 Å². The average molecular weight is 273 g/mol. The Morgan fingerprint density at radius 2 is 1.70 bits per heavy atom. The number of rotatable bonds is 4. The summed E-state index contributed by atoms with van der Waals surface area (Å²) in [4.78, 5) is 12.8. The number of hydrogen-bond donors (Lipinski definition) is 2. The van der Waals surface area contributed by atoms with E-state index in [-0.39, 0.29) is 23.5 Å². The summed E-state index contributed by atoms with van der Waals surface area (Å²) in [6.07, 6.45) is 6.95. The highest BCUT2D eigenvalue weighted by Gasteiger charge is 2.48. The van der Waals surface area contributed by atoms with Crippen molar-refractivity contribution in [1.82, 2.24) is 5.32 Å². The number of aliphatic hydroxyl groups is 1. The highest BCUT2D eigenvalue weighted by atomic mass is 16.3. The number of benzene rings is 1. The maximum absolute atomic E-state index is 12.8. The molecule has 2 saturated carbocycles. The summed E-state index contributed by atoms with van der Waals surface area (Å²) in [5, 5.41) is 12.9. The Hall–Kier alpha value is -1.35. The van der Waals surface area contributed by atoms with E-state index in [0.29, 0.717) is 0 Å². The number of hydrogen-bond acceptors (Lipinski definition) is 2. The average Bonchev–Trinajstić information content (AvgIpc) is 2.88. The number of carbonyl (C=O) groups is 1. The molecular formula is C17H23NO2. The quantitative estimate of drug-likeness (QED) is 0.885. The molecule has 2 N–H and O–H groups in total. The van der Waals surface area contributed by atoms with Crippen LogP contribution in [-0.4, -0.2) is 23.2 Å². The largest absolute Gasteiger partial charge is 0.394 e. The van der Waals surface area contributed by atoms with Gasteiger partial charge in [0.25, 0.3) is 0 Å². The zero-order valence-corrected chi connectivity index (χ0v) is 11.9. The van der Waals surface area contributed by atoms with Gasteiger partial charge in [0.1, 0.15) is 0 Å². The lowest BCUT2D eigenvalue weighted by atomic mass is 9.63. The van der Waals surface area contributed by atoms with Crippen LogP contribution in [0.2, 0.25) is 0 Å². The topological polar surface area (TPSA) is 49.3 Å². The summed E-state index contributed by atoms with van der Waals surface area (Å²) in [5.74, 6) is 0.117. The maximum atomic E-state index is 12.8. The van der Waals surface area contributed by atoms with Crippen LogP contribution in [0.15, 0.2) is 30.3 Å². The third kappa shape index (κ3) is 2.14. The minimum absolute atomic E-state index is 0.0591. The highest BCUT2D eigenvalue weighted by Crippen LogP contribution is 2.44. The summed E-state index contributed by atoms with van der Waals surface area (Å²) < 4.78 is 0. The van der Waals surface area contributed by atoms with Crippen molar-refractivity contribution >= 4 is 5.91 Å². The molecule has 3 heteroatoms. The zero-order valence-electron chi connectivity index (χ0n) is 11.9. The first kappa shape index (κ1) is 13.6. The molecule has 2 aliphatic rings. The van der Waals surface area contributed by atoms with Crippen LogP contribution >= 0.6 is 0 Å². The summed E-state index contributed by atoms with van der Waals surface area (Å²) in [5.41, 5.74) is 0.398. The molecule has 3 rings (SSSR count). The van der Waals surface area contributed by atoms with E-state index in [4.69, 9.17) is 0 Å². The second kappa shape index (κ2) is 5.21. The van der Waals surface area contributed by atoms with Gasteiger partial charge in [0.05, 0.1) is 17.6 Å². The fourth-order valence-electron chi connectivity index (χ4n) is 3.67. The molecular weight excluding hydrogens is 250 g/mol. The molecule has 2 fully saturated rings. The molecule has 0 saturated heterocycles. The van der Waals surface area contributed by atoms with Crippen LogP contribution in [0.4, 0.5) is 0 Å². The van der Waals surface area contributed by atoms with Gasteiger partial charge in [-0.3, -0.25) is 4.79 Å². The molecule has 1 aromatic rings. The minimum Gasteiger partial charge on any atom is -0.394 e.